The predicted molar refractivity (Wildman–Crippen MR) is 111 cm³/mol. The van der Waals surface area contributed by atoms with Gasteiger partial charge >= 0.3 is 0 Å². The molecule has 1 saturated heterocycles. The lowest BCUT2D eigenvalue weighted by molar-refractivity contribution is 0.0955. The molecule has 29 heavy (non-hydrogen) atoms. The van der Waals surface area contributed by atoms with E-state index < -0.39 is 0 Å². The van der Waals surface area contributed by atoms with Gasteiger partial charge in [-0.1, -0.05) is 6.07 Å². The van der Waals surface area contributed by atoms with E-state index in [1.807, 2.05) is 18.7 Å². The van der Waals surface area contributed by atoms with Gasteiger partial charge in [-0.05, 0) is 57.2 Å². The van der Waals surface area contributed by atoms with E-state index in [2.05, 4.69) is 10.5 Å². The fourth-order valence-corrected chi connectivity index (χ4v) is 3.01. The van der Waals surface area contributed by atoms with Gasteiger partial charge in [-0.25, -0.2) is 9.82 Å². The van der Waals surface area contributed by atoms with Crippen LogP contribution in [0.15, 0.2) is 47.6 Å². The molecule has 0 spiro atoms. The number of hydrazone groups is 1. The molecule has 154 valence electrons. The molecule has 6 nitrogen and oxygen atoms in total. The van der Waals surface area contributed by atoms with E-state index in [4.69, 9.17) is 9.47 Å². The average Bonchev–Trinajstić information content (AvgIpc) is 2.72. The van der Waals surface area contributed by atoms with Crippen molar-refractivity contribution in [3.8, 4) is 5.75 Å². The topological polar surface area (TPSA) is 63.2 Å². The second-order valence-electron chi connectivity index (χ2n) is 7.09. The average molecular weight is 399 g/mol. The molecule has 1 aliphatic rings. The molecule has 2 aromatic carbocycles. The first kappa shape index (κ1) is 20.8. The molecule has 3 rings (SSSR count). The summed E-state index contributed by atoms with van der Waals surface area (Å²) in [7, 11) is 0. The predicted octanol–water partition coefficient (Wildman–Crippen LogP) is 3.60. The molecule has 0 aromatic heterocycles. The smallest absolute Gasteiger partial charge is 0.271 e. The van der Waals surface area contributed by atoms with Crippen LogP contribution < -0.4 is 15.1 Å². The first-order chi connectivity index (χ1) is 13.9. The largest absolute Gasteiger partial charge is 0.491 e. The van der Waals surface area contributed by atoms with Crippen molar-refractivity contribution in [2.24, 2.45) is 5.10 Å². The van der Waals surface area contributed by atoms with Crippen LogP contribution in [0.3, 0.4) is 0 Å². The SMILES string of the molecule is C/C(=N/NC(=O)c1ccc(OC(C)C)cc1)c1ccc(N2CCOCC2)c(F)c1. The van der Waals surface area contributed by atoms with Crippen molar-refractivity contribution in [1.82, 2.24) is 5.43 Å². The monoisotopic (exact) mass is 399 g/mol. The number of benzene rings is 2. The molecule has 1 aliphatic heterocycles. The second kappa shape index (κ2) is 9.52. The van der Waals surface area contributed by atoms with Crippen LogP contribution in [0.4, 0.5) is 10.1 Å². The minimum absolute atomic E-state index is 0.0666. The van der Waals surface area contributed by atoms with Crippen molar-refractivity contribution in [1.29, 1.82) is 0 Å². The third kappa shape index (κ3) is 5.54. The molecule has 0 saturated carbocycles. The minimum Gasteiger partial charge on any atom is -0.491 e. The lowest BCUT2D eigenvalue weighted by atomic mass is 10.1. The van der Waals surface area contributed by atoms with Gasteiger partial charge in [0, 0.05) is 24.2 Å². The third-order valence-corrected chi connectivity index (χ3v) is 4.53. The van der Waals surface area contributed by atoms with E-state index in [0.717, 1.165) is 0 Å². The summed E-state index contributed by atoms with van der Waals surface area (Å²) < 4.78 is 25.4. The van der Waals surface area contributed by atoms with Crippen molar-refractivity contribution >= 4 is 17.3 Å². The zero-order valence-electron chi connectivity index (χ0n) is 16.9. The molecular weight excluding hydrogens is 373 g/mol. The summed E-state index contributed by atoms with van der Waals surface area (Å²) in [5.41, 5.74) is 4.66. The molecule has 0 unspecified atom stereocenters. The van der Waals surface area contributed by atoms with Crippen molar-refractivity contribution in [2.75, 3.05) is 31.2 Å². The van der Waals surface area contributed by atoms with Crippen LogP contribution >= 0.6 is 0 Å². The van der Waals surface area contributed by atoms with Gasteiger partial charge in [0.15, 0.2) is 0 Å². The summed E-state index contributed by atoms with van der Waals surface area (Å²) in [6, 6.07) is 11.8. The quantitative estimate of drug-likeness (QED) is 0.596. The molecule has 1 amide bonds. The summed E-state index contributed by atoms with van der Waals surface area (Å²) in [6.07, 6.45) is 0.0666. The lowest BCUT2D eigenvalue weighted by Crippen LogP contribution is -2.36. The highest BCUT2D eigenvalue weighted by atomic mass is 19.1. The van der Waals surface area contributed by atoms with E-state index in [0.29, 0.717) is 54.6 Å². The number of hydrogen-bond donors (Lipinski definition) is 1. The van der Waals surface area contributed by atoms with Gasteiger partial charge in [0.2, 0.25) is 0 Å². The fourth-order valence-electron chi connectivity index (χ4n) is 3.01. The number of carbonyl (C=O) groups excluding carboxylic acids is 1. The number of ether oxygens (including phenoxy) is 2. The molecule has 1 fully saturated rings. The van der Waals surface area contributed by atoms with Crippen LogP contribution in [0.25, 0.3) is 0 Å². The molecule has 1 heterocycles. The number of nitrogens with one attached hydrogen (secondary N) is 1. The Hall–Kier alpha value is -2.93. The van der Waals surface area contributed by atoms with Crippen LogP contribution in [0.1, 0.15) is 36.7 Å². The number of hydrogen-bond acceptors (Lipinski definition) is 5. The summed E-state index contributed by atoms with van der Waals surface area (Å²) in [5.74, 6) is 0.0453. The van der Waals surface area contributed by atoms with Crippen molar-refractivity contribution in [3.05, 3.63) is 59.4 Å². The Morgan fingerprint density at radius 1 is 1.14 bits per heavy atom. The number of nitrogens with zero attached hydrogens (tertiary/aromatic N) is 2. The van der Waals surface area contributed by atoms with E-state index in [9.17, 15) is 9.18 Å². The molecule has 2 aromatic rings. The number of rotatable bonds is 6. The van der Waals surface area contributed by atoms with Gasteiger partial charge in [0.05, 0.1) is 30.7 Å². The summed E-state index contributed by atoms with van der Waals surface area (Å²) >= 11 is 0. The molecule has 0 bridgehead atoms. The zero-order valence-corrected chi connectivity index (χ0v) is 16.9. The summed E-state index contributed by atoms with van der Waals surface area (Å²) in [5, 5.41) is 4.11. The summed E-state index contributed by atoms with van der Waals surface area (Å²) in [6.45, 7) is 8.13. The maximum Gasteiger partial charge on any atom is 0.271 e. The molecule has 0 aliphatic carbocycles. The van der Waals surface area contributed by atoms with Crippen LogP contribution in [0, 0.1) is 5.82 Å². The maximum atomic E-state index is 14.6. The summed E-state index contributed by atoms with van der Waals surface area (Å²) in [4.78, 5) is 14.3. The van der Waals surface area contributed by atoms with Crippen molar-refractivity contribution in [3.63, 3.8) is 0 Å². The highest BCUT2D eigenvalue weighted by molar-refractivity contribution is 6.01. The standard InChI is InChI=1S/C22H26FN3O3/c1-15(2)29-19-7-4-17(5-8-19)22(27)25-24-16(3)18-6-9-21(20(23)14-18)26-10-12-28-13-11-26/h4-9,14-15H,10-13H2,1-3H3,(H,25,27)/b24-16-. The van der Waals surface area contributed by atoms with E-state index in [1.54, 1.807) is 43.3 Å². The Balaban J connectivity index is 1.64. The molecule has 1 N–H and O–H groups in total. The Bertz CT molecular complexity index is 875. The second-order valence-corrected chi connectivity index (χ2v) is 7.09. The van der Waals surface area contributed by atoms with Gasteiger partial charge in [-0.3, -0.25) is 4.79 Å². The molecule has 0 radical (unpaired) electrons. The molecule has 7 heteroatoms. The van der Waals surface area contributed by atoms with Crippen LogP contribution in [-0.4, -0.2) is 44.0 Å². The number of anilines is 1. The normalized spacial score (nSPS) is 14.8. The Kier molecular flexibility index (Phi) is 6.82. The van der Waals surface area contributed by atoms with Gasteiger partial charge in [-0.2, -0.15) is 5.10 Å². The Labute approximate surface area is 170 Å². The zero-order chi connectivity index (χ0) is 20.8. The number of halogens is 1. The van der Waals surface area contributed by atoms with E-state index in [1.165, 1.54) is 6.07 Å². The van der Waals surface area contributed by atoms with Crippen LogP contribution in [-0.2, 0) is 4.74 Å². The van der Waals surface area contributed by atoms with E-state index >= 15 is 0 Å². The van der Waals surface area contributed by atoms with E-state index in [-0.39, 0.29) is 17.8 Å². The molecular formula is C22H26FN3O3. The fraction of sp³-hybridized carbons (Fsp3) is 0.364. The van der Waals surface area contributed by atoms with Gasteiger partial charge < -0.3 is 14.4 Å². The van der Waals surface area contributed by atoms with Gasteiger partial charge in [0.1, 0.15) is 11.6 Å². The van der Waals surface area contributed by atoms with Gasteiger partial charge in [0.25, 0.3) is 5.91 Å². The highest BCUT2D eigenvalue weighted by Crippen LogP contribution is 2.22. The van der Waals surface area contributed by atoms with Crippen molar-refractivity contribution < 1.29 is 18.7 Å². The van der Waals surface area contributed by atoms with Crippen molar-refractivity contribution in [2.45, 2.75) is 26.9 Å². The third-order valence-electron chi connectivity index (χ3n) is 4.53. The van der Waals surface area contributed by atoms with Crippen LogP contribution in [0.2, 0.25) is 0 Å². The Morgan fingerprint density at radius 2 is 1.79 bits per heavy atom. The Morgan fingerprint density at radius 3 is 2.41 bits per heavy atom. The number of carbonyl (C=O) groups is 1. The molecule has 0 atom stereocenters. The highest BCUT2D eigenvalue weighted by Gasteiger charge is 2.16. The minimum atomic E-state index is -0.342. The lowest BCUT2D eigenvalue weighted by Gasteiger charge is -2.29. The maximum absolute atomic E-state index is 14.6. The first-order valence-electron chi connectivity index (χ1n) is 9.68. The van der Waals surface area contributed by atoms with Gasteiger partial charge in [-0.15, -0.1) is 0 Å². The number of morpholine rings is 1. The number of amides is 1. The van der Waals surface area contributed by atoms with Crippen LogP contribution in [0.5, 0.6) is 5.75 Å². The first-order valence-corrected chi connectivity index (χ1v) is 9.68.